The Balaban J connectivity index is 1.97. The molecule has 90 valence electrons. The van der Waals surface area contributed by atoms with Crippen molar-refractivity contribution >= 4 is 11.8 Å². The molecule has 0 bridgehead atoms. The Bertz CT molecular complexity index is 439. The standard InChI is InChI=1S/C13H14O4/c14-11(5-6-13(15)16)10-7-9-3-1-2-4-12(9)17-8-10/h1-4,10H,5-8H2,(H,15,16). The van der Waals surface area contributed by atoms with Gasteiger partial charge < -0.3 is 9.84 Å². The highest BCUT2D eigenvalue weighted by Crippen LogP contribution is 2.27. The Kier molecular flexibility index (Phi) is 3.42. The SMILES string of the molecule is O=C(O)CCC(=O)C1COc2ccccc2C1. The average Bonchev–Trinajstić information content (AvgIpc) is 2.35. The topological polar surface area (TPSA) is 63.6 Å². The molecule has 1 atom stereocenters. The molecule has 0 amide bonds. The molecule has 0 aliphatic carbocycles. The van der Waals surface area contributed by atoms with E-state index in [1.165, 1.54) is 0 Å². The third-order valence-corrected chi connectivity index (χ3v) is 2.92. The van der Waals surface area contributed by atoms with Crippen LogP contribution in [-0.4, -0.2) is 23.5 Å². The monoisotopic (exact) mass is 234 g/mol. The zero-order valence-corrected chi connectivity index (χ0v) is 9.39. The first-order valence-corrected chi connectivity index (χ1v) is 5.62. The van der Waals surface area contributed by atoms with Gasteiger partial charge in [0.25, 0.3) is 0 Å². The third kappa shape index (κ3) is 2.84. The molecule has 2 rings (SSSR count). The number of rotatable bonds is 4. The number of Topliss-reactive ketones (excluding diaryl/α,β-unsaturated/α-hetero) is 1. The first kappa shape index (κ1) is 11.6. The molecule has 0 radical (unpaired) electrons. The van der Waals surface area contributed by atoms with Gasteiger partial charge in [0.1, 0.15) is 11.5 Å². The summed E-state index contributed by atoms with van der Waals surface area (Å²) in [5.74, 6) is -0.337. The molecule has 4 nitrogen and oxygen atoms in total. The minimum absolute atomic E-state index is 0.0260. The van der Waals surface area contributed by atoms with Gasteiger partial charge in [-0.15, -0.1) is 0 Å². The summed E-state index contributed by atoms with van der Waals surface area (Å²) >= 11 is 0. The summed E-state index contributed by atoms with van der Waals surface area (Å²) in [6.45, 7) is 0.357. The number of hydrogen-bond acceptors (Lipinski definition) is 3. The maximum atomic E-state index is 11.8. The first-order chi connectivity index (χ1) is 8.16. The van der Waals surface area contributed by atoms with Crippen molar-refractivity contribution in [2.75, 3.05) is 6.61 Å². The number of hydrogen-bond donors (Lipinski definition) is 1. The van der Waals surface area contributed by atoms with Crippen molar-refractivity contribution in [2.45, 2.75) is 19.3 Å². The maximum absolute atomic E-state index is 11.8. The van der Waals surface area contributed by atoms with Crippen LogP contribution in [0.15, 0.2) is 24.3 Å². The lowest BCUT2D eigenvalue weighted by molar-refractivity contribution is -0.139. The molecule has 0 spiro atoms. The van der Waals surface area contributed by atoms with Crippen LogP contribution < -0.4 is 4.74 Å². The van der Waals surface area contributed by atoms with E-state index in [-0.39, 0.29) is 24.5 Å². The van der Waals surface area contributed by atoms with E-state index in [4.69, 9.17) is 9.84 Å². The van der Waals surface area contributed by atoms with Gasteiger partial charge in [-0.25, -0.2) is 0 Å². The molecule has 1 aliphatic heterocycles. The van der Waals surface area contributed by atoms with Crippen LogP contribution >= 0.6 is 0 Å². The number of carboxylic acids is 1. The minimum Gasteiger partial charge on any atom is -0.493 e. The second-order valence-corrected chi connectivity index (χ2v) is 4.18. The normalized spacial score (nSPS) is 18.0. The number of ether oxygens (including phenoxy) is 1. The number of carbonyl (C=O) groups is 2. The van der Waals surface area contributed by atoms with Gasteiger partial charge in [-0.05, 0) is 18.1 Å². The number of carboxylic acid groups (broad SMARTS) is 1. The van der Waals surface area contributed by atoms with Crippen LogP contribution in [0, 0.1) is 5.92 Å². The van der Waals surface area contributed by atoms with Gasteiger partial charge in [-0.1, -0.05) is 18.2 Å². The molecule has 1 N–H and O–H groups in total. The summed E-state index contributed by atoms with van der Waals surface area (Å²) in [7, 11) is 0. The highest BCUT2D eigenvalue weighted by atomic mass is 16.5. The predicted octanol–water partition coefficient (Wildman–Crippen LogP) is 1.67. The van der Waals surface area contributed by atoms with E-state index >= 15 is 0 Å². The molecule has 0 saturated heterocycles. The van der Waals surface area contributed by atoms with E-state index in [0.29, 0.717) is 13.0 Å². The average molecular weight is 234 g/mol. The Labute approximate surface area is 99.2 Å². The van der Waals surface area contributed by atoms with Gasteiger partial charge in [0.15, 0.2) is 0 Å². The molecule has 0 saturated carbocycles. The highest BCUT2D eigenvalue weighted by molar-refractivity contribution is 5.85. The van der Waals surface area contributed by atoms with E-state index in [1.54, 1.807) is 0 Å². The number of para-hydroxylation sites is 1. The van der Waals surface area contributed by atoms with Crippen LogP contribution in [0.4, 0.5) is 0 Å². The van der Waals surface area contributed by atoms with Crippen molar-refractivity contribution in [2.24, 2.45) is 5.92 Å². The van der Waals surface area contributed by atoms with E-state index < -0.39 is 5.97 Å². The Morgan fingerprint density at radius 1 is 1.29 bits per heavy atom. The van der Waals surface area contributed by atoms with Gasteiger partial charge >= 0.3 is 5.97 Å². The van der Waals surface area contributed by atoms with Crippen molar-refractivity contribution in [1.29, 1.82) is 0 Å². The fourth-order valence-corrected chi connectivity index (χ4v) is 1.97. The zero-order valence-electron chi connectivity index (χ0n) is 9.39. The summed E-state index contributed by atoms with van der Waals surface area (Å²) in [4.78, 5) is 22.2. The van der Waals surface area contributed by atoms with E-state index in [2.05, 4.69) is 0 Å². The van der Waals surface area contributed by atoms with Gasteiger partial charge in [0.2, 0.25) is 0 Å². The van der Waals surface area contributed by atoms with Crippen molar-refractivity contribution in [3.05, 3.63) is 29.8 Å². The fourth-order valence-electron chi connectivity index (χ4n) is 1.97. The number of carbonyl (C=O) groups excluding carboxylic acids is 1. The molecular weight excluding hydrogens is 220 g/mol. The van der Waals surface area contributed by atoms with Crippen LogP contribution in [0.5, 0.6) is 5.75 Å². The van der Waals surface area contributed by atoms with Gasteiger partial charge in [0, 0.05) is 6.42 Å². The van der Waals surface area contributed by atoms with Crippen molar-refractivity contribution in [1.82, 2.24) is 0 Å². The molecule has 0 aromatic heterocycles. The summed E-state index contributed by atoms with van der Waals surface area (Å²) in [6.07, 6.45) is 0.636. The maximum Gasteiger partial charge on any atom is 0.303 e. The van der Waals surface area contributed by atoms with E-state index in [1.807, 2.05) is 24.3 Å². The molecule has 1 aromatic rings. The second-order valence-electron chi connectivity index (χ2n) is 4.18. The lowest BCUT2D eigenvalue weighted by Gasteiger charge is -2.24. The Hall–Kier alpha value is -1.84. The van der Waals surface area contributed by atoms with Crippen LogP contribution in [0.25, 0.3) is 0 Å². The summed E-state index contributed by atoms with van der Waals surface area (Å²) < 4.78 is 5.50. The molecule has 0 fully saturated rings. The number of ketones is 1. The van der Waals surface area contributed by atoms with Crippen LogP contribution in [0.2, 0.25) is 0 Å². The summed E-state index contributed by atoms with van der Waals surface area (Å²) in [5.41, 5.74) is 1.02. The molecule has 1 aromatic carbocycles. The number of benzene rings is 1. The van der Waals surface area contributed by atoms with Crippen molar-refractivity contribution in [3.63, 3.8) is 0 Å². The predicted molar refractivity (Wildman–Crippen MR) is 61.0 cm³/mol. The summed E-state index contributed by atoms with van der Waals surface area (Å²) in [6, 6.07) is 7.62. The fraction of sp³-hybridized carbons (Fsp3) is 0.385. The lowest BCUT2D eigenvalue weighted by Crippen LogP contribution is -2.28. The van der Waals surface area contributed by atoms with Crippen molar-refractivity contribution < 1.29 is 19.4 Å². The van der Waals surface area contributed by atoms with E-state index in [0.717, 1.165) is 11.3 Å². The van der Waals surface area contributed by atoms with Crippen LogP contribution in [0.1, 0.15) is 18.4 Å². The lowest BCUT2D eigenvalue weighted by atomic mass is 9.91. The van der Waals surface area contributed by atoms with E-state index in [9.17, 15) is 9.59 Å². The van der Waals surface area contributed by atoms with Crippen molar-refractivity contribution in [3.8, 4) is 5.75 Å². The quantitative estimate of drug-likeness (QED) is 0.860. The first-order valence-electron chi connectivity index (χ1n) is 5.62. The zero-order chi connectivity index (χ0) is 12.3. The number of aliphatic carboxylic acids is 1. The molecule has 1 unspecified atom stereocenters. The third-order valence-electron chi connectivity index (χ3n) is 2.92. The Morgan fingerprint density at radius 3 is 2.82 bits per heavy atom. The molecule has 4 heteroatoms. The molecular formula is C13H14O4. The molecule has 1 heterocycles. The largest absolute Gasteiger partial charge is 0.493 e. The van der Waals surface area contributed by atoms with Gasteiger partial charge in [-0.3, -0.25) is 9.59 Å². The van der Waals surface area contributed by atoms with Gasteiger partial charge in [0.05, 0.1) is 18.9 Å². The second kappa shape index (κ2) is 4.99. The number of fused-ring (bicyclic) bond motifs is 1. The van der Waals surface area contributed by atoms with Gasteiger partial charge in [-0.2, -0.15) is 0 Å². The minimum atomic E-state index is -0.935. The Morgan fingerprint density at radius 2 is 2.06 bits per heavy atom. The van der Waals surface area contributed by atoms with Crippen LogP contribution in [-0.2, 0) is 16.0 Å². The smallest absolute Gasteiger partial charge is 0.303 e. The highest BCUT2D eigenvalue weighted by Gasteiger charge is 2.25. The molecule has 1 aliphatic rings. The molecule has 17 heavy (non-hydrogen) atoms. The summed E-state index contributed by atoms with van der Waals surface area (Å²) in [5, 5.41) is 8.54. The van der Waals surface area contributed by atoms with Crippen LogP contribution in [0.3, 0.4) is 0 Å².